The van der Waals surface area contributed by atoms with E-state index in [1.165, 1.54) is 12.3 Å². The molecule has 0 heterocycles. The van der Waals surface area contributed by atoms with Crippen LogP contribution in [0.2, 0.25) is 0 Å². The maximum atomic E-state index is 12.0. The average molecular weight is 369 g/mol. The lowest BCUT2D eigenvalue weighted by Crippen LogP contribution is -2.25. The number of para-hydroxylation sites is 1. The number of phenolic OH excluding ortho intramolecular Hbond substituents is 1. The molecule has 7 heteroatoms. The second-order valence-electron chi connectivity index (χ2n) is 5.69. The fraction of sp³-hybridized carbons (Fsp3) is 0.250. The predicted octanol–water partition coefficient (Wildman–Crippen LogP) is 2.83. The highest BCUT2D eigenvalue weighted by molar-refractivity contribution is 6.04. The van der Waals surface area contributed by atoms with Gasteiger partial charge in [0, 0.05) is 5.69 Å². The van der Waals surface area contributed by atoms with Crippen molar-refractivity contribution in [2.75, 3.05) is 11.9 Å². The molecule has 0 radical (unpaired) electrons. The van der Waals surface area contributed by atoms with E-state index in [2.05, 4.69) is 15.8 Å². The van der Waals surface area contributed by atoms with E-state index >= 15 is 0 Å². The first-order chi connectivity index (χ1) is 13.0. The van der Waals surface area contributed by atoms with Crippen molar-refractivity contribution in [2.45, 2.75) is 26.7 Å². The number of nitrogens with one attached hydrogen (secondary N) is 2. The van der Waals surface area contributed by atoms with E-state index in [1.54, 1.807) is 18.2 Å². The van der Waals surface area contributed by atoms with Crippen LogP contribution in [0.25, 0.3) is 0 Å². The maximum Gasteiger partial charge on any atom is 0.249 e. The second-order valence-corrected chi connectivity index (χ2v) is 5.69. The molecule has 2 amide bonds. The highest BCUT2D eigenvalue weighted by atomic mass is 16.5. The average Bonchev–Trinajstić information content (AvgIpc) is 2.65. The van der Waals surface area contributed by atoms with Crippen LogP contribution in [0.5, 0.6) is 11.5 Å². The molecule has 2 rings (SSSR count). The Labute approximate surface area is 158 Å². The molecular formula is C20H23N3O4. The minimum atomic E-state index is -0.526. The number of phenols is 1. The Morgan fingerprint density at radius 3 is 2.67 bits per heavy atom. The lowest BCUT2D eigenvalue weighted by molar-refractivity contribution is -0.126. The summed E-state index contributed by atoms with van der Waals surface area (Å²) in [4.78, 5) is 23.9. The third-order valence-corrected chi connectivity index (χ3v) is 3.68. The van der Waals surface area contributed by atoms with E-state index < -0.39 is 11.8 Å². The molecule has 27 heavy (non-hydrogen) atoms. The number of hydrogen-bond donors (Lipinski definition) is 3. The third-order valence-electron chi connectivity index (χ3n) is 3.68. The molecule has 0 bridgehead atoms. The van der Waals surface area contributed by atoms with Crippen LogP contribution in [0.15, 0.2) is 47.6 Å². The largest absolute Gasteiger partial charge is 0.504 e. The molecule has 0 unspecified atom stereocenters. The molecule has 0 aliphatic heterocycles. The Morgan fingerprint density at radius 1 is 1.15 bits per heavy atom. The Kier molecular flexibility index (Phi) is 7.37. The van der Waals surface area contributed by atoms with Crippen molar-refractivity contribution in [3.8, 4) is 11.5 Å². The van der Waals surface area contributed by atoms with Gasteiger partial charge in [-0.15, -0.1) is 0 Å². The molecule has 0 aliphatic carbocycles. The highest BCUT2D eigenvalue weighted by Crippen LogP contribution is 2.26. The van der Waals surface area contributed by atoms with Gasteiger partial charge in [-0.05, 0) is 48.7 Å². The minimum Gasteiger partial charge on any atom is -0.504 e. The Bertz CT molecular complexity index is 834. The van der Waals surface area contributed by atoms with Crippen LogP contribution in [-0.4, -0.2) is 29.7 Å². The molecule has 2 aromatic carbocycles. The molecule has 142 valence electrons. The number of benzene rings is 2. The Morgan fingerprint density at radius 2 is 1.93 bits per heavy atom. The number of ether oxygens (including phenoxy) is 1. The smallest absolute Gasteiger partial charge is 0.249 e. The van der Waals surface area contributed by atoms with Crippen molar-refractivity contribution >= 4 is 23.7 Å². The fourth-order valence-corrected chi connectivity index (χ4v) is 2.39. The topological polar surface area (TPSA) is 100 Å². The van der Waals surface area contributed by atoms with Crippen LogP contribution in [0.3, 0.4) is 0 Å². The summed E-state index contributed by atoms with van der Waals surface area (Å²) in [6.07, 6.45) is 1.85. The number of aryl methyl sites for hydroxylation is 1. The SMILES string of the molecule is CCOc1cc(/C=N/NC(=O)CC(=O)Nc2ccccc2CC)ccc1O. The zero-order valence-electron chi connectivity index (χ0n) is 15.4. The van der Waals surface area contributed by atoms with Crippen molar-refractivity contribution in [3.05, 3.63) is 53.6 Å². The van der Waals surface area contributed by atoms with Crippen LogP contribution < -0.4 is 15.5 Å². The van der Waals surface area contributed by atoms with Crippen LogP contribution in [0.1, 0.15) is 31.4 Å². The van der Waals surface area contributed by atoms with Gasteiger partial charge in [0.25, 0.3) is 0 Å². The standard InChI is InChI=1S/C20H23N3O4/c1-3-15-7-5-6-8-16(15)22-19(25)12-20(26)23-21-13-14-9-10-17(24)18(11-14)27-4-2/h5-11,13,24H,3-4,12H2,1-2H3,(H,22,25)(H,23,26)/b21-13+. The number of hydrogen-bond acceptors (Lipinski definition) is 5. The van der Waals surface area contributed by atoms with Gasteiger partial charge >= 0.3 is 0 Å². The number of hydrazone groups is 1. The molecule has 0 spiro atoms. The van der Waals surface area contributed by atoms with Crippen LogP contribution in [-0.2, 0) is 16.0 Å². The zero-order chi connectivity index (χ0) is 19.6. The normalized spacial score (nSPS) is 10.6. The first-order valence-corrected chi connectivity index (χ1v) is 8.69. The Balaban J connectivity index is 1.87. The van der Waals surface area contributed by atoms with E-state index in [4.69, 9.17) is 4.74 Å². The van der Waals surface area contributed by atoms with Gasteiger partial charge in [0.15, 0.2) is 11.5 Å². The summed E-state index contributed by atoms with van der Waals surface area (Å²) < 4.78 is 5.28. The number of carbonyl (C=O) groups excluding carboxylic acids is 2. The second kappa shape index (κ2) is 9.96. The lowest BCUT2D eigenvalue weighted by Gasteiger charge is -2.09. The van der Waals surface area contributed by atoms with Gasteiger partial charge in [-0.2, -0.15) is 5.10 Å². The highest BCUT2D eigenvalue weighted by Gasteiger charge is 2.10. The molecule has 2 aromatic rings. The first kappa shape index (κ1) is 20.0. The fourth-order valence-electron chi connectivity index (χ4n) is 2.39. The number of aromatic hydroxyl groups is 1. The van der Waals surface area contributed by atoms with E-state index in [1.807, 2.05) is 32.0 Å². The van der Waals surface area contributed by atoms with Crippen LogP contribution in [0.4, 0.5) is 5.69 Å². The van der Waals surface area contributed by atoms with Gasteiger partial charge in [0.05, 0.1) is 12.8 Å². The molecule has 7 nitrogen and oxygen atoms in total. The number of anilines is 1. The van der Waals surface area contributed by atoms with Gasteiger partial charge in [0.2, 0.25) is 11.8 Å². The summed E-state index contributed by atoms with van der Waals surface area (Å²) in [6.45, 7) is 4.22. The van der Waals surface area contributed by atoms with Crippen LogP contribution in [0, 0.1) is 0 Å². The molecule has 0 atom stereocenters. The molecule has 3 N–H and O–H groups in total. The zero-order valence-corrected chi connectivity index (χ0v) is 15.4. The maximum absolute atomic E-state index is 12.0. The van der Waals surface area contributed by atoms with E-state index in [-0.39, 0.29) is 12.2 Å². The van der Waals surface area contributed by atoms with Crippen molar-refractivity contribution in [1.29, 1.82) is 0 Å². The monoisotopic (exact) mass is 369 g/mol. The number of nitrogens with zero attached hydrogens (tertiary/aromatic N) is 1. The molecule has 0 saturated heterocycles. The summed E-state index contributed by atoms with van der Waals surface area (Å²) in [5, 5.41) is 16.2. The van der Waals surface area contributed by atoms with E-state index in [0.717, 1.165) is 12.0 Å². The molecule has 0 saturated carbocycles. The number of rotatable bonds is 8. The van der Waals surface area contributed by atoms with E-state index in [0.29, 0.717) is 23.6 Å². The summed E-state index contributed by atoms with van der Waals surface area (Å²) in [5.41, 5.74) is 4.65. The molecular weight excluding hydrogens is 346 g/mol. The quantitative estimate of drug-likeness (QED) is 0.378. The third kappa shape index (κ3) is 6.14. The van der Waals surface area contributed by atoms with Gasteiger partial charge in [-0.1, -0.05) is 25.1 Å². The van der Waals surface area contributed by atoms with Crippen molar-refractivity contribution < 1.29 is 19.4 Å². The number of carbonyl (C=O) groups is 2. The van der Waals surface area contributed by atoms with Crippen molar-refractivity contribution in [1.82, 2.24) is 5.43 Å². The number of amides is 2. The van der Waals surface area contributed by atoms with Gasteiger partial charge in [-0.3, -0.25) is 9.59 Å². The lowest BCUT2D eigenvalue weighted by atomic mass is 10.1. The summed E-state index contributed by atoms with van der Waals surface area (Å²) in [6, 6.07) is 12.2. The molecule has 0 aromatic heterocycles. The first-order valence-electron chi connectivity index (χ1n) is 8.69. The summed E-state index contributed by atoms with van der Waals surface area (Å²) in [7, 11) is 0. The summed E-state index contributed by atoms with van der Waals surface area (Å²) in [5.74, 6) is -0.572. The van der Waals surface area contributed by atoms with Crippen LogP contribution >= 0.6 is 0 Å². The Hall–Kier alpha value is -3.35. The van der Waals surface area contributed by atoms with E-state index in [9.17, 15) is 14.7 Å². The van der Waals surface area contributed by atoms with Gasteiger partial charge in [0.1, 0.15) is 6.42 Å². The van der Waals surface area contributed by atoms with Gasteiger partial charge in [-0.25, -0.2) is 5.43 Å². The molecule has 0 fully saturated rings. The van der Waals surface area contributed by atoms with Gasteiger partial charge < -0.3 is 15.2 Å². The minimum absolute atomic E-state index is 0.0297. The predicted molar refractivity (Wildman–Crippen MR) is 104 cm³/mol. The summed E-state index contributed by atoms with van der Waals surface area (Å²) >= 11 is 0. The van der Waals surface area contributed by atoms with Crippen molar-refractivity contribution in [2.24, 2.45) is 5.10 Å². The molecule has 0 aliphatic rings. The van der Waals surface area contributed by atoms with Crippen molar-refractivity contribution in [3.63, 3.8) is 0 Å².